The summed E-state index contributed by atoms with van der Waals surface area (Å²) in [5.74, 6) is 0.917. The molecule has 4 aromatic rings. The first kappa shape index (κ1) is 12.1. The van der Waals surface area contributed by atoms with Gasteiger partial charge in [0.25, 0.3) is 0 Å². The minimum Gasteiger partial charge on any atom is -0.327 e. The molecule has 0 radical (unpaired) electrons. The molecular formula is C16H15N5. The van der Waals surface area contributed by atoms with Crippen molar-refractivity contribution in [3.63, 3.8) is 0 Å². The molecule has 4 rings (SSSR count). The summed E-state index contributed by atoms with van der Waals surface area (Å²) in [6, 6.07) is 12.2. The molecule has 0 spiro atoms. The molecule has 2 N–H and O–H groups in total. The molecular weight excluding hydrogens is 262 g/mol. The van der Waals surface area contributed by atoms with Crippen LogP contribution in [0.2, 0.25) is 0 Å². The average Bonchev–Trinajstić information content (AvgIpc) is 3.08. The lowest BCUT2D eigenvalue weighted by Gasteiger charge is -2.02. The van der Waals surface area contributed by atoms with Crippen LogP contribution in [0.5, 0.6) is 0 Å². The molecule has 0 saturated carbocycles. The number of nitrogens with two attached hydrogens (primary N) is 1. The number of fused-ring (bicyclic) bond motifs is 2. The van der Waals surface area contributed by atoms with Gasteiger partial charge in [0.1, 0.15) is 5.82 Å². The highest BCUT2D eigenvalue weighted by atomic mass is 15.2. The first-order valence-corrected chi connectivity index (χ1v) is 6.86. The molecule has 1 aromatic carbocycles. The zero-order chi connectivity index (χ0) is 14.4. The van der Waals surface area contributed by atoms with Crippen LogP contribution in [0.3, 0.4) is 0 Å². The molecule has 3 aromatic heterocycles. The van der Waals surface area contributed by atoms with Crippen molar-refractivity contribution in [3.8, 4) is 11.4 Å². The molecule has 0 unspecified atom stereocenters. The van der Waals surface area contributed by atoms with E-state index in [1.54, 1.807) is 0 Å². The smallest absolute Gasteiger partial charge is 0.144 e. The lowest BCUT2D eigenvalue weighted by molar-refractivity contribution is 0.957. The maximum atomic E-state index is 5.72. The van der Waals surface area contributed by atoms with E-state index in [0.717, 1.165) is 33.5 Å². The van der Waals surface area contributed by atoms with Gasteiger partial charge in [-0.2, -0.15) is 5.10 Å². The maximum absolute atomic E-state index is 5.72. The van der Waals surface area contributed by atoms with Crippen molar-refractivity contribution in [1.29, 1.82) is 0 Å². The quantitative estimate of drug-likeness (QED) is 0.612. The molecule has 0 fully saturated rings. The summed E-state index contributed by atoms with van der Waals surface area (Å²) in [5.41, 5.74) is 11.0. The summed E-state index contributed by atoms with van der Waals surface area (Å²) in [7, 11) is 2.03. The van der Waals surface area contributed by atoms with E-state index in [9.17, 15) is 0 Å². The molecule has 5 nitrogen and oxygen atoms in total. The third-order valence-electron chi connectivity index (χ3n) is 3.85. The van der Waals surface area contributed by atoms with Crippen LogP contribution in [0.1, 0.15) is 5.56 Å². The number of aryl methyl sites for hydroxylation is 1. The van der Waals surface area contributed by atoms with Gasteiger partial charge < -0.3 is 10.3 Å². The van der Waals surface area contributed by atoms with Crippen LogP contribution in [0.4, 0.5) is 0 Å². The van der Waals surface area contributed by atoms with Crippen LogP contribution >= 0.6 is 0 Å². The van der Waals surface area contributed by atoms with Crippen LogP contribution in [-0.2, 0) is 13.6 Å². The Morgan fingerprint density at radius 3 is 2.90 bits per heavy atom. The van der Waals surface area contributed by atoms with Crippen molar-refractivity contribution in [2.45, 2.75) is 6.54 Å². The van der Waals surface area contributed by atoms with Gasteiger partial charge >= 0.3 is 0 Å². The third-order valence-corrected chi connectivity index (χ3v) is 3.85. The summed E-state index contributed by atoms with van der Waals surface area (Å²) < 4.78 is 3.96. The fourth-order valence-electron chi connectivity index (χ4n) is 2.71. The van der Waals surface area contributed by atoms with Crippen molar-refractivity contribution >= 4 is 16.6 Å². The van der Waals surface area contributed by atoms with Gasteiger partial charge in [0, 0.05) is 19.8 Å². The molecule has 21 heavy (non-hydrogen) atoms. The Labute approximate surface area is 121 Å². The van der Waals surface area contributed by atoms with E-state index in [4.69, 9.17) is 10.7 Å². The standard InChI is InChI=1S/C16H15N5/c1-20-15-8-11(9-17)5-6-13(15)19-16(20)12-10-18-21-7-3-2-4-14(12)21/h2-8,10H,9,17H2,1H3. The maximum Gasteiger partial charge on any atom is 0.144 e. The van der Waals surface area contributed by atoms with Gasteiger partial charge in [0.2, 0.25) is 0 Å². The summed E-state index contributed by atoms with van der Waals surface area (Å²) >= 11 is 0. The van der Waals surface area contributed by atoms with E-state index in [1.165, 1.54) is 0 Å². The van der Waals surface area contributed by atoms with Gasteiger partial charge in [-0.1, -0.05) is 12.1 Å². The van der Waals surface area contributed by atoms with Crippen LogP contribution in [0.25, 0.3) is 27.9 Å². The molecule has 0 saturated heterocycles. The SMILES string of the molecule is Cn1c(-c2cnn3ccccc23)nc2ccc(CN)cc21. The second-order valence-corrected chi connectivity index (χ2v) is 5.11. The minimum atomic E-state index is 0.535. The normalized spacial score (nSPS) is 11.5. The monoisotopic (exact) mass is 277 g/mol. The van der Waals surface area contributed by atoms with Crippen molar-refractivity contribution in [3.05, 3.63) is 54.4 Å². The van der Waals surface area contributed by atoms with E-state index in [-0.39, 0.29) is 0 Å². The average molecular weight is 277 g/mol. The molecule has 0 amide bonds. The third kappa shape index (κ3) is 1.75. The minimum absolute atomic E-state index is 0.535. The number of rotatable bonds is 2. The van der Waals surface area contributed by atoms with Gasteiger partial charge in [-0.3, -0.25) is 0 Å². The second-order valence-electron chi connectivity index (χ2n) is 5.11. The zero-order valence-corrected chi connectivity index (χ0v) is 11.7. The number of hydrogen-bond donors (Lipinski definition) is 1. The lowest BCUT2D eigenvalue weighted by Crippen LogP contribution is -1.97. The zero-order valence-electron chi connectivity index (χ0n) is 11.7. The van der Waals surface area contributed by atoms with Crippen LogP contribution in [-0.4, -0.2) is 19.2 Å². The van der Waals surface area contributed by atoms with Gasteiger partial charge in [0.05, 0.1) is 28.3 Å². The summed E-state index contributed by atoms with van der Waals surface area (Å²) in [6.45, 7) is 0.535. The second kappa shape index (κ2) is 4.43. The van der Waals surface area contributed by atoms with Crippen LogP contribution in [0.15, 0.2) is 48.8 Å². The molecule has 0 aliphatic rings. The Morgan fingerprint density at radius 2 is 2.05 bits per heavy atom. The van der Waals surface area contributed by atoms with E-state index in [2.05, 4.69) is 15.7 Å². The van der Waals surface area contributed by atoms with Gasteiger partial charge in [-0.15, -0.1) is 0 Å². The summed E-state index contributed by atoms with van der Waals surface area (Å²) in [4.78, 5) is 4.75. The molecule has 5 heteroatoms. The van der Waals surface area contributed by atoms with Crippen molar-refractivity contribution in [2.24, 2.45) is 12.8 Å². The molecule has 0 aliphatic heterocycles. The molecule has 0 atom stereocenters. The predicted octanol–water partition coefficient (Wildman–Crippen LogP) is 2.35. The predicted molar refractivity (Wildman–Crippen MR) is 82.8 cm³/mol. The Balaban J connectivity index is 2.00. The van der Waals surface area contributed by atoms with Gasteiger partial charge in [-0.05, 0) is 29.8 Å². The Bertz CT molecular complexity index is 948. The first-order valence-electron chi connectivity index (χ1n) is 6.86. The van der Waals surface area contributed by atoms with E-state index >= 15 is 0 Å². The molecule has 0 bridgehead atoms. The van der Waals surface area contributed by atoms with Crippen molar-refractivity contribution < 1.29 is 0 Å². The topological polar surface area (TPSA) is 61.1 Å². The number of pyridine rings is 1. The Hall–Kier alpha value is -2.66. The number of benzene rings is 1. The largest absolute Gasteiger partial charge is 0.327 e. The number of aromatic nitrogens is 4. The van der Waals surface area contributed by atoms with Gasteiger partial charge in [0.15, 0.2) is 0 Å². The molecule has 0 aliphatic carbocycles. The molecule has 3 heterocycles. The highest BCUT2D eigenvalue weighted by Crippen LogP contribution is 2.27. The lowest BCUT2D eigenvalue weighted by atomic mass is 10.2. The van der Waals surface area contributed by atoms with Gasteiger partial charge in [-0.25, -0.2) is 9.50 Å². The van der Waals surface area contributed by atoms with Crippen LogP contribution < -0.4 is 5.73 Å². The highest BCUT2D eigenvalue weighted by molar-refractivity contribution is 5.85. The van der Waals surface area contributed by atoms with E-state index in [1.807, 2.05) is 54.3 Å². The van der Waals surface area contributed by atoms with Crippen molar-refractivity contribution in [2.75, 3.05) is 0 Å². The summed E-state index contributed by atoms with van der Waals surface area (Å²) in [5, 5.41) is 4.38. The fourth-order valence-corrected chi connectivity index (χ4v) is 2.71. The fraction of sp³-hybridized carbons (Fsp3) is 0.125. The Morgan fingerprint density at radius 1 is 1.14 bits per heavy atom. The Kier molecular flexibility index (Phi) is 2.55. The van der Waals surface area contributed by atoms with E-state index < -0.39 is 0 Å². The van der Waals surface area contributed by atoms with Crippen molar-refractivity contribution in [1.82, 2.24) is 19.2 Å². The van der Waals surface area contributed by atoms with Crippen LogP contribution in [0, 0.1) is 0 Å². The van der Waals surface area contributed by atoms with E-state index in [0.29, 0.717) is 6.54 Å². The number of hydrogen-bond acceptors (Lipinski definition) is 3. The number of imidazole rings is 1. The first-order chi connectivity index (χ1) is 10.3. The molecule has 104 valence electrons. The highest BCUT2D eigenvalue weighted by Gasteiger charge is 2.14. The summed E-state index contributed by atoms with van der Waals surface area (Å²) in [6.07, 6.45) is 3.80. The number of nitrogens with zero attached hydrogens (tertiary/aromatic N) is 4.